The van der Waals surface area contributed by atoms with Gasteiger partial charge in [0.05, 0.1) is 18.8 Å². The van der Waals surface area contributed by atoms with E-state index < -0.39 is 11.0 Å². The van der Waals surface area contributed by atoms with E-state index in [-0.39, 0.29) is 28.8 Å². The zero-order valence-corrected chi connectivity index (χ0v) is 27.6. The summed E-state index contributed by atoms with van der Waals surface area (Å²) in [4.78, 5) is 15.7. The normalized spacial score (nSPS) is 21.3. The van der Waals surface area contributed by atoms with E-state index in [9.17, 15) is 9.18 Å². The van der Waals surface area contributed by atoms with E-state index in [0.717, 1.165) is 93.8 Å². The largest absolute Gasteiger partial charge is 0.483 e. The Bertz CT molecular complexity index is 1280. The highest BCUT2D eigenvalue weighted by molar-refractivity contribution is 8.93. The molecule has 2 atom stereocenters. The monoisotopic (exact) mass is 643 g/mol. The summed E-state index contributed by atoms with van der Waals surface area (Å²) in [6.45, 7) is 15.1. The Morgan fingerprint density at radius 3 is 2.55 bits per heavy atom. The van der Waals surface area contributed by atoms with Crippen LogP contribution in [0.4, 0.5) is 4.39 Å². The van der Waals surface area contributed by atoms with Crippen LogP contribution in [0.3, 0.4) is 0 Å². The van der Waals surface area contributed by atoms with Crippen molar-refractivity contribution in [3.63, 3.8) is 0 Å². The van der Waals surface area contributed by atoms with Crippen LogP contribution in [-0.2, 0) is 14.9 Å². The number of carbonyl (C=O) groups excluding carboxylic acids is 1. The summed E-state index contributed by atoms with van der Waals surface area (Å²) in [6.07, 6.45) is 5.98. The molecule has 2 aromatic carbocycles. The van der Waals surface area contributed by atoms with Gasteiger partial charge in [-0.1, -0.05) is 39.3 Å². The maximum Gasteiger partial charge on any atom is 0.311 e. The molecule has 2 unspecified atom stereocenters. The van der Waals surface area contributed by atoms with Crippen molar-refractivity contribution in [2.45, 2.75) is 90.6 Å². The fourth-order valence-electron chi connectivity index (χ4n) is 6.95. The second kappa shape index (κ2) is 13.6. The van der Waals surface area contributed by atoms with E-state index in [1.54, 1.807) is 0 Å². The van der Waals surface area contributed by atoms with E-state index >= 15 is 0 Å². The van der Waals surface area contributed by atoms with Crippen molar-refractivity contribution in [1.29, 1.82) is 0 Å². The van der Waals surface area contributed by atoms with Gasteiger partial charge in [-0.15, -0.1) is 17.0 Å². The van der Waals surface area contributed by atoms with Gasteiger partial charge in [0.1, 0.15) is 22.9 Å². The number of esters is 1. The average molecular weight is 645 g/mol. The van der Waals surface area contributed by atoms with Gasteiger partial charge in [-0.3, -0.25) is 9.69 Å². The summed E-state index contributed by atoms with van der Waals surface area (Å²) in [5.74, 6) is 1.46. The highest BCUT2D eigenvalue weighted by Crippen LogP contribution is 2.53. The summed E-state index contributed by atoms with van der Waals surface area (Å²) in [7, 11) is 0. The van der Waals surface area contributed by atoms with Crippen LogP contribution < -0.4 is 9.47 Å². The molecular formula is C35H47BrFNO4. The molecular weight excluding hydrogens is 597 g/mol. The van der Waals surface area contributed by atoms with Crippen molar-refractivity contribution in [2.75, 3.05) is 32.8 Å². The number of hydrogen-bond acceptors (Lipinski definition) is 5. The third kappa shape index (κ3) is 6.95. The molecule has 230 valence electrons. The Balaban J connectivity index is 0.00000405. The minimum absolute atomic E-state index is 0. The number of carbonyl (C=O) groups is 1. The summed E-state index contributed by atoms with van der Waals surface area (Å²) in [6, 6.07) is 11.0. The first-order valence-electron chi connectivity index (χ1n) is 15.5. The molecule has 0 saturated carbocycles. The number of nitrogens with zero attached hydrogens (tertiary/aromatic N) is 1. The van der Waals surface area contributed by atoms with E-state index in [1.165, 1.54) is 23.3 Å². The van der Waals surface area contributed by atoms with Gasteiger partial charge in [0.2, 0.25) is 0 Å². The van der Waals surface area contributed by atoms with E-state index in [0.29, 0.717) is 18.1 Å². The van der Waals surface area contributed by atoms with E-state index in [1.807, 2.05) is 12.1 Å². The zero-order chi connectivity index (χ0) is 29.2. The maximum atomic E-state index is 13.9. The van der Waals surface area contributed by atoms with Gasteiger partial charge in [0.15, 0.2) is 0 Å². The van der Waals surface area contributed by atoms with Gasteiger partial charge >= 0.3 is 5.97 Å². The third-order valence-electron chi connectivity index (χ3n) is 9.31. The van der Waals surface area contributed by atoms with E-state index in [4.69, 9.17) is 14.2 Å². The lowest BCUT2D eigenvalue weighted by Gasteiger charge is -2.42. The molecule has 0 amide bonds. The summed E-state index contributed by atoms with van der Waals surface area (Å²) in [5, 5.41) is 0. The molecule has 0 radical (unpaired) electrons. The van der Waals surface area contributed by atoms with Crippen molar-refractivity contribution < 1.29 is 23.4 Å². The summed E-state index contributed by atoms with van der Waals surface area (Å²) in [5.41, 5.74) is 4.74. The third-order valence-corrected chi connectivity index (χ3v) is 9.31. The molecule has 5 nitrogen and oxygen atoms in total. The second-order valence-corrected chi connectivity index (χ2v) is 12.9. The number of rotatable bonds is 9. The topological polar surface area (TPSA) is 48.0 Å². The fourth-order valence-corrected chi connectivity index (χ4v) is 6.95. The molecule has 7 heteroatoms. The number of benzene rings is 2. The lowest BCUT2D eigenvalue weighted by molar-refractivity contribution is -0.134. The molecule has 1 saturated heterocycles. The number of ether oxygens (including phenoxy) is 3. The first kappa shape index (κ1) is 32.7. The van der Waals surface area contributed by atoms with Gasteiger partial charge in [-0.25, -0.2) is 4.39 Å². The van der Waals surface area contributed by atoms with Gasteiger partial charge in [0.25, 0.3) is 0 Å². The van der Waals surface area contributed by atoms with Crippen LogP contribution in [0, 0.1) is 11.7 Å². The summed E-state index contributed by atoms with van der Waals surface area (Å²) >= 11 is 0. The van der Waals surface area contributed by atoms with Crippen molar-refractivity contribution >= 4 is 28.5 Å². The van der Waals surface area contributed by atoms with Crippen LogP contribution in [0.15, 0.2) is 42.0 Å². The lowest BCUT2D eigenvalue weighted by atomic mass is 9.71. The molecule has 2 aliphatic heterocycles. The summed E-state index contributed by atoms with van der Waals surface area (Å²) < 4.78 is 32.4. The van der Waals surface area contributed by atoms with Crippen LogP contribution in [0.25, 0.3) is 5.57 Å². The predicted molar refractivity (Wildman–Crippen MR) is 171 cm³/mol. The Kier molecular flexibility index (Phi) is 10.6. The van der Waals surface area contributed by atoms with Gasteiger partial charge in [0, 0.05) is 24.9 Å². The molecule has 42 heavy (non-hydrogen) atoms. The highest BCUT2D eigenvalue weighted by atomic mass is 79.9. The molecule has 3 aliphatic rings. The molecule has 0 spiro atoms. The molecule has 0 N–H and O–H groups in total. The molecule has 0 aromatic heterocycles. The first-order chi connectivity index (χ1) is 19.6. The van der Waals surface area contributed by atoms with Crippen LogP contribution in [0.1, 0.15) is 96.3 Å². The standard InChI is InChI=1S/C35H46FNO4.BrH/c1-6-15-35(5,25-10-12-27(36)13-11-25)26-22-30(40-32(38)8-7-16-37-17-19-39-20-18-37)33-28-21-24(2)9-14-29(28)34(3,4)41-31(33)23-26;/h10-13,22-24H,6-9,14-21H2,1-5H3;1H. The molecule has 0 bridgehead atoms. The van der Waals surface area contributed by atoms with Gasteiger partial charge in [-0.2, -0.15) is 0 Å². The molecule has 1 aliphatic carbocycles. The number of halogens is 2. The highest BCUT2D eigenvalue weighted by Gasteiger charge is 2.40. The van der Waals surface area contributed by atoms with Crippen molar-refractivity contribution in [1.82, 2.24) is 4.90 Å². The first-order valence-corrected chi connectivity index (χ1v) is 15.5. The van der Waals surface area contributed by atoms with Crippen molar-refractivity contribution in [2.24, 2.45) is 5.92 Å². The van der Waals surface area contributed by atoms with Crippen LogP contribution in [-0.4, -0.2) is 49.3 Å². The fraction of sp³-hybridized carbons (Fsp3) is 0.571. The SMILES string of the molecule is Br.CCCC(C)(c1ccc(F)cc1)c1cc(OC(=O)CCCN2CCOCC2)c2c(c1)OC(C)(C)C1=C2CC(C)CC1. The number of fused-ring (bicyclic) bond motifs is 2. The molecule has 2 heterocycles. The number of morpholine rings is 1. The number of allylic oxidation sites excluding steroid dienone is 1. The van der Waals surface area contributed by atoms with Crippen LogP contribution in [0.2, 0.25) is 0 Å². The van der Waals surface area contributed by atoms with Crippen molar-refractivity contribution in [3.8, 4) is 11.5 Å². The molecule has 2 aromatic rings. The van der Waals surface area contributed by atoms with E-state index in [2.05, 4.69) is 51.7 Å². The Morgan fingerprint density at radius 1 is 1.14 bits per heavy atom. The van der Waals surface area contributed by atoms with Crippen LogP contribution >= 0.6 is 17.0 Å². The Hall–Kier alpha value is -2.22. The minimum atomic E-state index is -0.433. The second-order valence-electron chi connectivity index (χ2n) is 12.9. The molecule has 1 fully saturated rings. The maximum absolute atomic E-state index is 13.9. The van der Waals surface area contributed by atoms with Gasteiger partial charge in [-0.05, 0) is 105 Å². The van der Waals surface area contributed by atoms with Crippen LogP contribution in [0.5, 0.6) is 11.5 Å². The van der Waals surface area contributed by atoms with Crippen molar-refractivity contribution in [3.05, 3.63) is 64.5 Å². The average Bonchev–Trinajstić information content (AvgIpc) is 2.93. The Morgan fingerprint density at radius 2 is 1.86 bits per heavy atom. The number of hydrogen-bond donors (Lipinski definition) is 0. The quantitative estimate of drug-likeness (QED) is 0.203. The predicted octanol–water partition coefficient (Wildman–Crippen LogP) is 8.27. The van der Waals surface area contributed by atoms with Gasteiger partial charge < -0.3 is 14.2 Å². The molecule has 5 rings (SSSR count). The lowest BCUT2D eigenvalue weighted by Crippen LogP contribution is -2.37. The minimum Gasteiger partial charge on any atom is -0.483 e. The zero-order valence-electron chi connectivity index (χ0n) is 25.9. The Labute approximate surface area is 261 Å². The smallest absolute Gasteiger partial charge is 0.311 e.